The number of nitrogens with zero attached hydrogens (tertiary/aromatic N) is 1. The molecule has 0 N–H and O–H groups in total. The fourth-order valence-corrected chi connectivity index (χ4v) is 2.63. The molecule has 1 amide bonds. The number of carbonyl (C=O) groups is 2. The molecule has 0 aliphatic carbocycles. The maximum Gasteiger partial charge on any atom is 0.410 e. The lowest BCUT2D eigenvalue weighted by molar-refractivity contribution is -0.00344. The SMILES string of the molecule is COc1cc(OC)cc(C(=O)OC2CCN(C(=O)OC(C)(C)C)CC2)c1. The number of methoxy groups -OCH3 is 2. The van der Waals surface area contributed by atoms with E-state index in [1.165, 1.54) is 14.2 Å². The number of carbonyl (C=O) groups excluding carboxylic acids is 2. The Morgan fingerprint density at radius 1 is 1.00 bits per heavy atom. The van der Waals surface area contributed by atoms with Gasteiger partial charge in [0.15, 0.2) is 0 Å². The number of ether oxygens (including phenoxy) is 4. The van der Waals surface area contributed by atoms with Crippen molar-refractivity contribution in [2.24, 2.45) is 0 Å². The Hall–Kier alpha value is -2.44. The molecule has 7 heteroatoms. The van der Waals surface area contributed by atoms with Crippen molar-refractivity contribution < 1.29 is 28.5 Å². The van der Waals surface area contributed by atoms with Crippen LogP contribution in [0.1, 0.15) is 44.0 Å². The van der Waals surface area contributed by atoms with Gasteiger partial charge in [-0.3, -0.25) is 0 Å². The summed E-state index contributed by atoms with van der Waals surface area (Å²) >= 11 is 0. The van der Waals surface area contributed by atoms with Gasteiger partial charge in [-0.2, -0.15) is 0 Å². The zero-order valence-corrected chi connectivity index (χ0v) is 16.0. The lowest BCUT2D eigenvalue weighted by atomic mass is 10.1. The molecule has 1 saturated heterocycles. The van der Waals surface area contributed by atoms with Gasteiger partial charge < -0.3 is 23.8 Å². The summed E-state index contributed by atoms with van der Waals surface area (Å²) in [5.41, 5.74) is -0.151. The molecule has 0 saturated carbocycles. The maximum atomic E-state index is 12.4. The minimum absolute atomic E-state index is 0.238. The van der Waals surface area contributed by atoms with Crippen molar-refractivity contribution >= 4 is 12.1 Å². The van der Waals surface area contributed by atoms with Gasteiger partial charge in [0.1, 0.15) is 23.2 Å². The molecule has 1 aromatic rings. The summed E-state index contributed by atoms with van der Waals surface area (Å²) in [5.74, 6) is 0.616. The van der Waals surface area contributed by atoms with E-state index in [-0.39, 0.29) is 12.2 Å². The summed E-state index contributed by atoms with van der Waals surface area (Å²) in [6.07, 6.45) is 0.580. The minimum Gasteiger partial charge on any atom is -0.497 e. The van der Waals surface area contributed by atoms with Gasteiger partial charge >= 0.3 is 12.1 Å². The normalized spacial score (nSPS) is 15.3. The second kappa shape index (κ2) is 8.29. The van der Waals surface area contributed by atoms with Crippen LogP contribution in [0.15, 0.2) is 18.2 Å². The summed E-state index contributed by atoms with van der Waals surface area (Å²) in [6, 6.07) is 4.91. The monoisotopic (exact) mass is 365 g/mol. The fraction of sp³-hybridized carbons (Fsp3) is 0.579. The molecule has 1 aliphatic heterocycles. The average molecular weight is 365 g/mol. The Balaban J connectivity index is 1.91. The van der Waals surface area contributed by atoms with E-state index in [9.17, 15) is 9.59 Å². The van der Waals surface area contributed by atoms with Gasteiger partial charge in [-0.15, -0.1) is 0 Å². The summed E-state index contributed by atoms with van der Waals surface area (Å²) in [6.45, 7) is 6.49. The van der Waals surface area contributed by atoms with E-state index < -0.39 is 11.6 Å². The predicted octanol–water partition coefficient (Wildman–Crippen LogP) is 3.26. The first-order valence-corrected chi connectivity index (χ1v) is 8.64. The third-order valence-corrected chi connectivity index (χ3v) is 3.95. The Morgan fingerprint density at radius 2 is 1.54 bits per heavy atom. The van der Waals surface area contributed by atoms with Crippen molar-refractivity contribution in [3.63, 3.8) is 0 Å². The fourth-order valence-electron chi connectivity index (χ4n) is 2.63. The standard InChI is InChI=1S/C19H27NO6/c1-19(2,3)26-18(22)20-8-6-14(7-9-20)25-17(21)13-10-15(23-4)12-16(11-13)24-5/h10-12,14H,6-9H2,1-5H3. The first-order chi connectivity index (χ1) is 12.2. The van der Waals surface area contributed by atoms with E-state index in [0.29, 0.717) is 43.0 Å². The average Bonchev–Trinajstić information content (AvgIpc) is 2.60. The highest BCUT2D eigenvalue weighted by Crippen LogP contribution is 2.24. The van der Waals surface area contributed by atoms with E-state index in [1.54, 1.807) is 23.1 Å². The van der Waals surface area contributed by atoms with Gasteiger partial charge in [-0.05, 0) is 32.9 Å². The third-order valence-electron chi connectivity index (χ3n) is 3.95. The topological polar surface area (TPSA) is 74.3 Å². The molecular weight excluding hydrogens is 338 g/mol. The Morgan fingerprint density at radius 3 is 2.00 bits per heavy atom. The van der Waals surface area contributed by atoms with E-state index >= 15 is 0 Å². The van der Waals surface area contributed by atoms with Crippen LogP contribution in [0.3, 0.4) is 0 Å². The zero-order chi connectivity index (χ0) is 19.3. The number of rotatable bonds is 4. The van der Waals surface area contributed by atoms with Gasteiger partial charge in [0, 0.05) is 32.0 Å². The first-order valence-electron chi connectivity index (χ1n) is 8.64. The highest BCUT2D eigenvalue weighted by Gasteiger charge is 2.28. The summed E-state index contributed by atoms with van der Waals surface area (Å²) in [4.78, 5) is 26.1. The summed E-state index contributed by atoms with van der Waals surface area (Å²) in [5, 5.41) is 0. The Bertz CT molecular complexity index is 622. The molecule has 1 fully saturated rings. The van der Waals surface area contributed by atoms with Crippen molar-refractivity contribution in [1.29, 1.82) is 0 Å². The molecule has 144 valence electrons. The van der Waals surface area contributed by atoms with Gasteiger partial charge in [-0.25, -0.2) is 9.59 Å². The van der Waals surface area contributed by atoms with Crippen molar-refractivity contribution in [2.75, 3.05) is 27.3 Å². The second-order valence-electron chi connectivity index (χ2n) is 7.17. The molecule has 1 aliphatic rings. The van der Waals surface area contributed by atoms with Gasteiger partial charge in [0.25, 0.3) is 0 Å². The maximum absolute atomic E-state index is 12.4. The Labute approximate surface area is 154 Å². The number of hydrogen-bond acceptors (Lipinski definition) is 6. The van der Waals surface area contributed by atoms with E-state index in [4.69, 9.17) is 18.9 Å². The molecule has 0 bridgehead atoms. The molecule has 7 nitrogen and oxygen atoms in total. The van der Waals surface area contributed by atoms with Crippen molar-refractivity contribution in [3.8, 4) is 11.5 Å². The van der Waals surface area contributed by atoms with Crippen LogP contribution in [-0.2, 0) is 9.47 Å². The zero-order valence-electron chi connectivity index (χ0n) is 16.0. The molecule has 0 spiro atoms. The van der Waals surface area contributed by atoms with E-state index in [0.717, 1.165) is 0 Å². The number of amides is 1. The van der Waals surface area contributed by atoms with E-state index in [1.807, 2.05) is 20.8 Å². The smallest absolute Gasteiger partial charge is 0.410 e. The molecule has 26 heavy (non-hydrogen) atoms. The molecule has 0 aromatic heterocycles. The number of likely N-dealkylation sites (tertiary alicyclic amines) is 1. The van der Waals surface area contributed by atoms with E-state index in [2.05, 4.69) is 0 Å². The molecule has 0 unspecified atom stereocenters. The Kier molecular flexibility index (Phi) is 6.34. The number of esters is 1. The van der Waals surface area contributed by atoms with Crippen LogP contribution in [0.25, 0.3) is 0 Å². The highest BCUT2D eigenvalue weighted by atomic mass is 16.6. The molecule has 1 aromatic carbocycles. The first kappa shape index (κ1) is 19.9. The quantitative estimate of drug-likeness (QED) is 0.763. The number of benzene rings is 1. The van der Waals surface area contributed by atoms with Crippen LogP contribution in [0, 0.1) is 0 Å². The number of piperidine rings is 1. The molecule has 0 radical (unpaired) electrons. The van der Waals surface area contributed by atoms with Gasteiger partial charge in [0.2, 0.25) is 0 Å². The van der Waals surface area contributed by atoms with Gasteiger partial charge in [-0.1, -0.05) is 0 Å². The molecule has 2 rings (SSSR count). The van der Waals surface area contributed by atoms with Crippen molar-refractivity contribution in [1.82, 2.24) is 4.90 Å². The third kappa shape index (κ3) is 5.54. The second-order valence-corrected chi connectivity index (χ2v) is 7.17. The highest BCUT2D eigenvalue weighted by molar-refractivity contribution is 5.90. The van der Waals surface area contributed by atoms with Crippen LogP contribution < -0.4 is 9.47 Å². The molecule has 0 atom stereocenters. The van der Waals surface area contributed by atoms with Gasteiger partial charge in [0.05, 0.1) is 19.8 Å². The molecular formula is C19H27NO6. The van der Waals surface area contributed by atoms with Crippen LogP contribution in [0.2, 0.25) is 0 Å². The number of hydrogen-bond donors (Lipinski definition) is 0. The van der Waals surface area contributed by atoms with Crippen LogP contribution in [0.4, 0.5) is 4.79 Å². The summed E-state index contributed by atoms with van der Waals surface area (Å²) in [7, 11) is 3.05. The van der Waals surface area contributed by atoms with Crippen LogP contribution >= 0.6 is 0 Å². The predicted molar refractivity (Wildman–Crippen MR) is 95.8 cm³/mol. The van der Waals surface area contributed by atoms with Crippen LogP contribution in [-0.4, -0.2) is 56.0 Å². The lowest BCUT2D eigenvalue weighted by Crippen LogP contribution is -2.43. The minimum atomic E-state index is -0.522. The van der Waals surface area contributed by atoms with Crippen LogP contribution in [0.5, 0.6) is 11.5 Å². The largest absolute Gasteiger partial charge is 0.497 e. The lowest BCUT2D eigenvalue weighted by Gasteiger charge is -2.33. The molecule has 1 heterocycles. The van der Waals surface area contributed by atoms with Crippen molar-refractivity contribution in [3.05, 3.63) is 23.8 Å². The van der Waals surface area contributed by atoms with Crippen molar-refractivity contribution in [2.45, 2.75) is 45.3 Å². The summed E-state index contributed by atoms with van der Waals surface area (Å²) < 4.78 is 21.3.